The van der Waals surface area contributed by atoms with E-state index in [0.29, 0.717) is 0 Å². The summed E-state index contributed by atoms with van der Waals surface area (Å²) >= 11 is 0. The van der Waals surface area contributed by atoms with E-state index in [0.717, 1.165) is 17.8 Å². The molecule has 1 aliphatic rings. The summed E-state index contributed by atoms with van der Waals surface area (Å²) in [5, 5.41) is 14.1. The number of nitrogens with zero attached hydrogens (tertiary/aromatic N) is 3. The zero-order chi connectivity index (χ0) is 11.4. The van der Waals surface area contributed by atoms with Crippen LogP contribution in [0.25, 0.3) is 5.65 Å². The van der Waals surface area contributed by atoms with E-state index < -0.39 is 0 Å². The first-order chi connectivity index (χ1) is 7.59. The van der Waals surface area contributed by atoms with Crippen molar-refractivity contribution in [2.24, 2.45) is 5.41 Å². The van der Waals surface area contributed by atoms with Gasteiger partial charge in [0.1, 0.15) is 0 Å². The molecule has 1 N–H and O–H groups in total. The van der Waals surface area contributed by atoms with Crippen molar-refractivity contribution in [3.05, 3.63) is 30.2 Å². The highest BCUT2D eigenvalue weighted by Gasteiger charge is 2.63. The highest BCUT2D eigenvalue weighted by molar-refractivity contribution is 5.44. The number of aliphatic hydroxyl groups is 1. The summed E-state index contributed by atoms with van der Waals surface area (Å²) in [6, 6.07) is 3.83. The molecular formula is C12H15N3O. The molecular weight excluding hydrogens is 202 g/mol. The van der Waals surface area contributed by atoms with E-state index >= 15 is 0 Å². The molecule has 1 atom stereocenters. The van der Waals surface area contributed by atoms with Gasteiger partial charge in [-0.25, -0.2) is 9.50 Å². The van der Waals surface area contributed by atoms with Gasteiger partial charge in [0.2, 0.25) is 0 Å². The summed E-state index contributed by atoms with van der Waals surface area (Å²) in [5.41, 5.74) is 1.77. The molecule has 2 aromatic heterocycles. The van der Waals surface area contributed by atoms with E-state index in [-0.39, 0.29) is 17.4 Å². The van der Waals surface area contributed by atoms with Crippen molar-refractivity contribution in [1.82, 2.24) is 14.6 Å². The highest BCUT2D eigenvalue weighted by Crippen LogP contribution is 2.63. The van der Waals surface area contributed by atoms with E-state index in [1.54, 1.807) is 10.7 Å². The molecule has 1 fully saturated rings. The van der Waals surface area contributed by atoms with Gasteiger partial charge in [-0.2, -0.15) is 5.10 Å². The Balaban J connectivity index is 2.13. The van der Waals surface area contributed by atoms with Gasteiger partial charge in [0.05, 0.1) is 12.3 Å². The topological polar surface area (TPSA) is 50.4 Å². The fourth-order valence-electron chi connectivity index (χ4n) is 2.56. The van der Waals surface area contributed by atoms with Gasteiger partial charge in [-0.3, -0.25) is 0 Å². The van der Waals surface area contributed by atoms with Crippen LogP contribution in [0.5, 0.6) is 0 Å². The van der Waals surface area contributed by atoms with Gasteiger partial charge >= 0.3 is 0 Å². The van der Waals surface area contributed by atoms with E-state index in [9.17, 15) is 5.11 Å². The Morgan fingerprint density at radius 2 is 2.25 bits per heavy atom. The molecule has 2 aromatic rings. The van der Waals surface area contributed by atoms with Crippen LogP contribution in [0, 0.1) is 5.41 Å². The van der Waals surface area contributed by atoms with Gasteiger partial charge in [0.15, 0.2) is 5.65 Å². The van der Waals surface area contributed by atoms with Crippen molar-refractivity contribution >= 4 is 5.65 Å². The SMILES string of the molecule is CC1(C)CC1(CO)c1cc2ncccn2n1. The minimum atomic E-state index is -0.166. The molecule has 0 saturated heterocycles. The third kappa shape index (κ3) is 1.08. The van der Waals surface area contributed by atoms with Crippen molar-refractivity contribution in [2.75, 3.05) is 6.61 Å². The molecule has 4 nitrogen and oxygen atoms in total. The maximum atomic E-state index is 9.60. The molecule has 0 amide bonds. The van der Waals surface area contributed by atoms with Crippen LogP contribution in [0.1, 0.15) is 26.0 Å². The predicted molar refractivity (Wildman–Crippen MR) is 60.1 cm³/mol. The third-order valence-electron chi connectivity index (χ3n) is 3.91. The van der Waals surface area contributed by atoms with Gasteiger partial charge < -0.3 is 5.11 Å². The van der Waals surface area contributed by atoms with Crippen LogP contribution in [0.15, 0.2) is 24.5 Å². The number of fused-ring (bicyclic) bond motifs is 1. The fraction of sp³-hybridized carbons (Fsp3) is 0.500. The smallest absolute Gasteiger partial charge is 0.155 e. The van der Waals surface area contributed by atoms with Crippen molar-refractivity contribution < 1.29 is 5.11 Å². The molecule has 3 rings (SSSR count). The van der Waals surface area contributed by atoms with Crippen LogP contribution in [0.3, 0.4) is 0 Å². The summed E-state index contributed by atoms with van der Waals surface area (Å²) in [5.74, 6) is 0. The maximum Gasteiger partial charge on any atom is 0.155 e. The van der Waals surface area contributed by atoms with Crippen LogP contribution in [0.2, 0.25) is 0 Å². The minimum absolute atomic E-state index is 0.139. The number of rotatable bonds is 2. The summed E-state index contributed by atoms with van der Waals surface area (Å²) in [6.45, 7) is 4.49. The molecule has 0 spiro atoms. The monoisotopic (exact) mass is 217 g/mol. The van der Waals surface area contributed by atoms with Crippen molar-refractivity contribution in [3.8, 4) is 0 Å². The maximum absolute atomic E-state index is 9.60. The normalized spacial score (nSPS) is 27.2. The van der Waals surface area contributed by atoms with Crippen LogP contribution in [0.4, 0.5) is 0 Å². The van der Waals surface area contributed by atoms with Crippen LogP contribution < -0.4 is 0 Å². The lowest BCUT2D eigenvalue weighted by molar-refractivity contribution is 0.228. The lowest BCUT2D eigenvalue weighted by Gasteiger charge is -2.14. The summed E-state index contributed by atoms with van der Waals surface area (Å²) in [7, 11) is 0. The third-order valence-corrected chi connectivity index (χ3v) is 3.91. The number of hydrogen-bond acceptors (Lipinski definition) is 3. The molecule has 2 heterocycles. The second kappa shape index (κ2) is 2.83. The summed E-state index contributed by atoms with van der Waals surface area (Å²) in [4.78, 5) is 4.24. The fourth-order valence-corrected chi connectivity index (χ4v) is 2.56. The van der Waals surface area contributed by atoms with Crippen molar-refractivity contribution in [1.29, 1.82) is 0 Å². The second-order valence-corrected chi connectivity index (χ2v) is 5.25. The molecule has 1 saturated carbocycles. The Bertz CT molecular complexity index is 513. The molecule has 0 aromatic carbocycles. The Morgan fingerprint density at radius 1 is 1.50 bits per heavy atom. The van der Waals surface area contributed by atoms with Crippen molar-refractivity contribution in [3.63, 3.8) is 0 Å². The number of aromatic nitrogens is 3. The molecule has 16 heavy (non-hydrogen) atoms. The molecule has 0 bridgehead atoms. The Morgan fingerprint density at radius 3 is 2.81 bits per heavy atom. The van der Waals surface area contributed by atoms with Crippen molar-refractivity contribution in [2.45, 2.75) is 25.7 Å². The lowest BCUT2D eigenvalue weighted by Crippen LogP contribution is -2.19. The molecule has 84 valence electrons. The zero-order valence-corrected chi connectivity index (χ0v) is 9.51. The Kier molecular flexibility index (Phi) is 1.73. The first-order valence-electron chi connectivity index (χ1n) is 5.51. The van der Waals surface area contributed by atoms with Gasteiger partial charge in [-0.05, 0) is 17.9 Å². The lowest BCUT2D eigenvalue weighted by atomic mass is 9.93. The second-order valence-electron chi connectivity index (χ2n) is 5.25. The molecule has 4 heteroatoms. The first kappa shape index (κ1) is 9.78. The van der Waals surface area contributed by atoms with Gasteiger partial charge in [-0.15, -0.1) is 0 Å². The summed E-state index contributed by atoms with van der Waals surface area (Å²) < 4.78 is 1.77. The highest BCUT2D eigenvalue weighted by atomic mass is 16.3. The van der Waals surface area contributed by atoms with E-state index in [1.807, 2.05) is 18.3 Å². The van der Waals surface area contributed by atoms with Gasteiger partial charge in [-0.1, -0.05) is 13.8 Å². The standard InChI is InChI=1S/C12H15N3O/c1-11(2)7-12(11,8-16)9-6-10-13-4-3-5-15(10)14-9/h3-6,16H,7-8H2,1-2H3. The molecule has 0 aliphatic heterocycles. The molecule has 1 aliphatic carbocycles. The molecule has 1 unspecified atom stereocenters. The summed E-state index contributed by atoms with van der Waals surface area (Å²) in [6.07, 6.45) is 4.62. The van der Waals surface area contributed by atoms with E-state index in [4.69, 9.17) is 0 Å². The number of aliphatic hydroxyl groups excluding tert-OH is 1. The molecule has 0 radical (unpaired) electrons. The van der Waals surface area contributed by atoms with Gasteiger partial charge in [0, 0.05) is 23.9 Å². The van der Waals surface area contributed by atoms with Crippen LogP contribution >= 0.6 is 0 Å². The predicted octanol–water partition coefficient (Wildman–Crippen LogP) is 1.39. The van der Waals surface area contributed by atoms with Gasteiger partial charge in [0.25, 0.3) is 0 Å². The number of hydrogen-bond donors (Lipinski definition) is 1. The Hall–Kier alpha value is -1.42. The largest absolute Gasteiger partial charge is 0.395 e. The average molecular weight is 217 g/mol. The average Bonchev–Trinajstić information content (AvgIpc) is 2.67. The van der Waals surface area contributed by atoms with E-state index in [1.165, 1.54) is 0 Å². The van der Waals surface area contributed by atoms with Crippen LogP contribution in [-0.4, -0.2) is 26.3 Å². The first-order valence-corrected chi connectivity index (χ1v) is 5.51. The zero-order valence-electron chi connectivity index (χ0n) is 9.51. The van der Waals surface area contributed by atoms with Crippen LogP contribution in [-0.2, 0) is 5.41 Å². The quantitative estimate of drug-likeness (QED) is 0.827. The Labute approximate surface area is 93.9 Å². The minimum Gasteiger partial charge on any atom is -0.395 e. The van der Waals surface area contributed by atoms with E-state index in [2.05, 4.69) is 23.9 Å².